The topological polar surface area (TPSA) is 66.0 Å². The minimum absolute atomic E-state index is 0.677. The van der Waals surface area contributed by atoms with E-state index >= 15 is 0 Å². The van der Waals surface area contributed by atoms with E-state index in [0.717, 1.165) is 28.0 Å². The number of nitrogen functional groups attached to an aromatic ring is 1. The van der Waals surface area contributed by atoms with E-state index in [9.17, 15) is 0 Å². The zero-order valence-electron chi connectivity index (χ0n) is 10.8. The summed E-state index contributed by atoms with van der Waals surface area (Å²) in [7, 11) is 3.56. The molecule has 0 saturated heterocycles. The van der Waals surface area contributed by atoms with Crippen molar-refractivity contribution in [2.24, 2.45) is 7.05 Å². The van der Waals surface area contributed by atoms with Crippen LogP contribution in [0.4, 0.5) is 5.69 Å². The van der Waals surface area contributed by atoms with Gasteiger partial charge in [-0.15, -0.1) is 0 Å². The average Bonchev–Trinajstić information content (AvgIpc) is 2.74. The van der Waals surface area contributed by atoms with Crippen molar-refractivity contribution in [1.82, 2.24) is 14.5 Å². The Bertz CT molecular complexity index is 748. The largest absolute Gasteiger partial charge is 0.497 e. The predicted molar refractivity (Wildman–Crippen MR) is 74.9 cm³/mol. The molecule has 0 fully saturated rings. The lowest BCUT2D eigenvalue weighted by Crippen LogP contribution is -1.92. The maximum Gasteiger partial charge on any atom is 0.145 e. The number of ether oxygens (including phenoxy) is 1. The van der Waals surface area contributed by atoms with Crippen molar-refractivity contribution in [3.63, 3.8) is 0 Å². The molecule has 0 unspecified atom stereocenters. The highest BCUT2D eigenvalue weighted by molar-refractivity contribution is 6.00. The summed E-state index contributed by atoms with van der Waals surface area (Å²) in [6.45, 7) is 0. The molecule has 0 aliphatic rings. The molecular weight excluding hydrogens is 240 g/mol. The van der Waals surface area contributed by atoms with E-state index in [1.165, 1.54) is 0 Å². The van der Waals surface area contributed by atoms with Crippen LogP contribution in [-0.4, -0.2) is 21.6 Å². The predicted octanol–water partition coefficient (Wildman–Crippen LogP) is 2.23. The van der Waals surface area contributed by atoms with Crippen molar-refractivity contribution in [3.8, 4) is 17.0 Å². The maximum absolute atomic E-state index is 6.05. The second-order valence-electron chi connectivity index (χ2n) is 4.35. The molecule has 3 aromatic rings. The first-order valence-corrected chi connectivity index (χ1v) is 5.90. The van der Waals surface area contributed by atoms with Gasteiger partial charge in [-0.05, 0) is 12.1 Å². The van der Waals surface area contributed by atoms with E-state index in [2.05, 4.69) is 9.97 Å². The minimum atomic E-state index is 0.677. The Morgan fingerprint density at radius 3 is 2.89 bits per heavy atom. The highest BCUT2D eigenvalue weighted by Gasteiger charge is 2.13. The molecule has 3 rings (SSSR count). The van der Waals surface area contributed by atoms with Crippen LogP contribution >= 0.6 is 0 Å². The third kappa shape index (κ3) is 1.79. The molecule has 0 aliphatic carbocycles. The van der Waals surface area contributed by atoms with Crippen molar-refractivity contribution < 1.29 is 4.74 Å². The number of nitrogens with zero attached hydrogens (tertiary/aromatic N) is 3. The number of fused-ring (bicyclic) bond motifs is 1. The molecule has 0 atom stereocenters. The number of hydrogen-bond donors (Lipinski definition) is 1. The number of aromatic nitrogens is 3. The van der Waals surface area contributed by atoms with Crippen molar-refractivity contribution in [3.05, 3.63) is 36.8 Å². The van der Waals surface area contributed by atoms with Crippen LogP contribution in [0, 0.1) is 0 Å². The molecule has 5 heteroatoms. The molecule has 0 bridgehead atoms. The molecule has 19 heavy (non-hydrogen) atoms. The van der Waals surface area contributed by atoms with Gasteiger partial charge in [0.1, 0.15) is 17.7 Å². The van der Waals surface area contributed by atoms with Crippen LogP contribution in [0.2, 0.25) is 0 Å². The summed E-state index contributed by atoms with van der Waals surface area (Å²) in [5, 5.41) is 0.873. The normalized spacial score (nSPS) is 10.8. The quantitative estimate of drug-likeness (QED) is 0.761. The third-order valence-electron chi connectivity index (χ3n) is 3.13. The Morgan fingerprint density at radius 1 is 1.26 bits per heavy atom. The van der Waals surface area contributed by atoms with E-state index in [1.807, 2.05) is 42.1 Å². The van der Waals surface area contributed by atoms with Gasteiger partial charge in [0.2, 0.25) is 0 Å². The van der Waals surface area contributed by atoms with Gasteiger partial charge in [-0.1, -0.05) is 12.1 Å². The van der Waals surface area contributed by atoms with Crippen LogP contribution in [0.5, 0.6) is 5.75 Å². The zero-order valence-corrected chi connectivity index (χ0v) is 10.8. The van der Waals surface area contributed by atoms with Crippen LogP contribution in [0.15, 0.2) is 36.8 Å². The number of aryl methyl sites for hydroxylation is 1. The monoisotopic (exact) mass is 254 g/mol. The van der Waals surface area contributed by atoms with Gasteiger partial charge in [0.05, 0.1) is 23.9 Å². The lowest BCUT2D eigenvalue weighted by atomic mass is 10.1. The molecule has 2 heterocycles. The van der Waals surface area contributed by atoms with E-state index < -0.39 is 0 Å². The van der Waals surface area contributed by atoms with E-state index in [4.69, 9.17) is 10.5 Å². The lowest BCUT2D eigenvalue weighted by molar-refractivity contribution is 0.415. The number of nitrogens with two attached hydrogens (primary N) is 1. The van der Waals surface area contributed by atoms with E-state index in [-0.39, 0.29) is 0 Å². The SMILES string of the molecule is COc1cccc(-c2ncnc3c2c(N)cn3C)c1. The fourth-order valence-corrected chi connectivity index (χ4v) is 2.23. The van der Waals surface area contributed by atoms with Gasteiger partial charge in [-0.2, -0.15) is 0 Å². The Morgan fingerprint density at radius 2 is 2.11 bits per heavy atom. The summed E-state index contributed by atoms with van der Waals surface area (Å²) in [4.78, 5) is 8.64. The van der Waals surface area contributed by atoms with Crippen molar-refractivity contribution in [2.45, 2.75) is 0 Å². The molecule has 5 nitrogen and oxygen atoms in total. The lowest BCUT2D eigenvalue weighted by Gasteiger charge is -2.06. The van der Waals surface area contributed by atoms with Crippen LogP contribution in [0.3, 0.4) is 0 Å². The van der Waals surface area contributed by atoms with Crippen molar-refractivity contribution in [2.75, 3.05) is 12.8 Å². The summed E-state index contributed by atoms with van der Waals surface area (Å²) in [5.74, 6) is 0.791. The number of methoxy groups -OCH3 is 1. The van der Waals surface area contributed by atoms with Gasteiger partial charge in [0.15, 0.2) is 0 Å². The molecule has 1 aromatic carbocycles. The summed E-state index contributed by atoms with van der Waals surface area (Å²) in [6, 6.07) is 7.75. The van der Waals surface area contributed by atoms with Gasteiger partial charge < -0.3 is 15.0 Å². The number of rotatable bonds is 2. The van der Waals surface area contributed by atoms with E-state index in [1.54, 1.807) is 13.4 Å². The first kappa shape index (κ1) is 11.5. The van der Waals surface area contributed by atoms with Crippen LogP contribution in [0.1, 0.15) is 0 Å². The molecule has 0 saturated carbocycles. The Hall–Kier alpha value is -2.56. The third-order valence-corrected chi connectivity index (χ3v) is 3.13. The molecule has 0 amide bonds. The Kier molecular flexibility index (Phi) is 2.59. The molecular formula is C14H14N4O. The maximum atomic E-state index is 6.05. The second-order valence-corrected chi connectivity index (χ2v) is 4.35. The van der Waals surface area contributed by atoms with Crippen LogP contribution in [-0.2, 0) is 7.05 Å². The minimum Gasteiger partial charge on any atom is -0.497 e. The molecule has 0 aliphatic heterocycles. The molecule has 96 valence electrons. The summed E-state index contributed by atoms with van der Waals surface area (Å²) in [5.41, 5.74) is 9.34. The number of anilines is 1. The highest BCUT2D eigenvalue weighted by Crippen LogP contribution is 2.31. The molecule has 2 N–H and O–H groups in total. The Labute approximate surface area is 110 Å². The molecule has 0 radical (unpaired) electrons. The summed E-state index contributed by atoms with van der Waals surface area (Å²) in [6.07, 6.45) is 3.40. The average molecular weight is 254 g/mol. The molecule has 0 spiro atoms. The van der Waals surface area contributed by atoms with E-state index in [0.29, 0.717) is 5.69 Å². The summed E-state index contributed by atoms with van der Waals surface area (Å²) >= 11 is 0. The summed E-state index contributed by atoms with van der Waals surface area (Å²) < 4.78 is 7.14. The van der Waals surface area contributed by atoms with Gasteiger partial charge in [0, 0.05) is 18.8 Å². The standard InChI is InChI=1S/C14H14N4O/c1-18-7-11(15)12-13(16-8-17-14(12)18)9-4-3-5-10(6-9)19-2/h3-8H,15H2,1-2H3. The fourth-order valence-electron chi connectivity index (χ4n) is 2.23. The first-order valence-electron chi connectivity index (χ1n) is 5.90. The number of hydrogen-bond acceptors (Lipinski definition) is 4. The number of benzene rings is 1. The van der Waals surface area contributed by atoms with Crippen LogP contribution < -0.4 is 10.5 Å². The van der Waals surface area contributed by atoms with Gasteiger partial charge in [0.25, 0.3) is 0 Å². The smallest absolute Gasteiger partial charge is 0.145 e. The zero-order chi connectivity index (χ0) is 13.4. The van der Waals surface area contributed by atoms with Crippen molar-refractivity contribution >= 4 is 16.7 Å². The van der Waals surface area contributed by atoms with Crippen molar-refractivity contribution in [1.29, 1.82) is 0 Å². The highest BCUT2D eigenvalue weighted by atomic mass is 16.5. The molecule has 2 aromatic heterocycles. The van der Waals surface area contributed by atoms with Gasteiger partial charge in [-0.3, -0.25) is 0 Å². The second kappa shape index (κ2) is 4.28. The van der Waals surface area contributed by atoms with Crippen LogP contribution in [0.25, 0.3) is 22.3 Å². The van der Waals surface area contributed by atoms with Gasteiger partial charge in [-0.25, -0.2) is 9.97 Å². The first-order chi connectivity index (χ1) is 9.20. The Balaban J connectivity index is 2.30. The van der Waals surface area contributed by atoms with Gasteiger partial charge >= 0.3 is 0 Å². The fraction of sp³-hybridized carbons (Fsp3) is 0.143.